The molecule has 2 aromatic carbocycles. The van der Waals surface area contributed by atoms with Gasteiger partial charge in [0.1, 0.15) is 0 Å². The third-order valence-corrected chi connectivity index (χ3v) is 3.56. The van der Waals surface area contributed by atoms with Crippen molar-refractivity contribution >= 4 is 46.2 Å². The molecule has 0 atom stereocenters. The molecule has 0 heterocycles. The third-order valence-electron chi connectivity index (χ3n) is 2.74. The lowest BCUT2D eigenvalue weighted by Crippen LogP contribution is -2.07. The summed E-state index contributed by atoms with van der Waals surface area (Å²) in [5.74, 6) is 0. The molecule has 2 nitrogen and oxygen atoms in total. The van der Waals surface area contributed by atoms with E-state index in [0.29, 0.717) is 20.8 Å². The van der Waals surface area contributed by atoms with Gasteiger partial charge in [-0.05, 0) is 42.3 Å². The highest BCUT2D eigenvalue weighted by molar-refractivity contribution is 6.35. The number of anilines is 2. The molecular weight excluding hydrogens is 303 g/mol. The second kappa shape index (κ2) is 6.38. The highest BCUT2D eigenvalue weighted by atomic mass is 35.5. The van der Waals surface area contributed by atoms with Gasteiger partial charge in [0.15, 0.2) is 0 Å². The average molecular weight is 316 g/mol. The van der Waals surface area contributed by atoms with Gasteiger partial charge in [0, 0.05) is 21.6 Å². The van der Waals surface area contributed by atoms with Gasteiger partial charge in [0.2, 0.25) is 0 Å². The normalized spacial score (nSPS) is 10.5. The fraction of sp³-hybridized carbons (Fsp3) is 0.143. The maximum absolute atomic E-state index is 6.11. The predicted molar refractivity (Wildman–Crippen MR) is 84.5 cm³/mol. The number of nitrogen functional groups attached to an aromatic ring is 1. The van der Waals surface area contributed by atoms with E-state index >= 15 is 0 Å². The van der Waals surface area contributed by atoms with Crippen LogP contribution in [0.15, 0.2) is 36.4 Å². The van der Waals surface area contributed by atoms with Gasteiger partial charge in [-0.1, -0.05) is 40.9 Å². The zero-order valence-corrected chi connectivity index (χ0v) is 12.4. The lowest BCUT2D eigenvalue weighted by molar-refractivity contribution is 1.02. The van der Waals surface area contributed by atoms with Gasteiger partial charge >= 0.3 is 0 Å². The number of rotatable bonds is 4. The Kier molecular flexibility index (Phi) is 4.81. The summed E-state index contributed by atoms with van der Waals surface area (Å²) >= 11 is 17.8. The molecule has 0 fully saturated rings. The van der Waals surface area contributed by atoms with Crippen LogP contribution in [0.3, 0.4) is 0 Å². The van der Waals surface area contributed by atoms with E-state index in [-0.39, 0.29) is 0 Å². The molecule has 0 unspecified atom stereocenters. The van der Waals surface area contributed by atoms with Crippen molar-refractivity contribution in [2.45, 2.75) is 6.42 Å². The number of hydrogen-bond donors (Lipinski definition) is 2. The first-order valence-corrected chi connectivity index (χ1v) is 6.92. The largest absolute Gasteiger partial charge is 0.397 e. The molecule has 2 aromatic rings. The fourth-order valence-corrected chi connectivity index (χ4v) is 2.43. The minimum atomic E-state index is 0.629. The van der Waals surface area contributed by atoms with E-state index in [1.165, 1.54) is 0 Å². The van der Waals surface area contributed by atoms with Crippen LogP contribution >= 0.6 is 34.8 Å². The zero-order chi connectivity index (χ0) is 13.8. The molecule has 2 rings (SSSR count). The Labute approximate surface area is 127 Å². The van der Waals surface area contributed by atoms with Crippen molar-refractivity contribution in [3.05, 3.63) is 57.0 Å². The molecule has 0 aliphatic heterocycles. The minimum absolute atomic E-state index is 0.629. The molecule has 3 N–H and O–H groups in total. The van der Waals surface area contributed by atoms with Gasteiger partial charge in [-0.15, -0.1) is 0 Å². The average Bonchev–Trinajstić information content (AvgIpc) is 2.34. The van der Waals surface area contributed by atoms with Gasteiger partial charge in [0.05, 0.1) is 11.4 Å². The van der Waals surface area contributed by atoms with E-state index in [4.69, 9.17) is 40.5 Å². The smallest absolute Gasteiger partial charge is 0.0575 e. The number of hydrogen-bond acceptors (Lipinski definition) is 2. The summed E-state index contributed by atoms with van der Waals surface area (Å²) in [6.45, 7) is 0.729. The molecule has 0 radical (unpaired) electrons. The number of halogens is 3. The van der Waals surface area contributed by atoms with Crippen molar-refractivity contribution in [3.63, 3.8) is 0 Å². The van der Waals surface area contributed by atoms with Crippen molar-refractivity contribution in [2.75, 3.05) is 17.6 Å². The maximum Gasteiger partial charge on any atom is 0.0575 e. The summed E-state index contributed by atoms with van der Waals surface area (Å²) in [7, 11) is 0. The Balaban J connectivity index is 1.96. The molecular formula is C14H13Cl3N2. The highest BCUT2D eigenvalue weighted by Crippen LogP contribution is 2.24. The van der Waals surface area contributed by atoms with Crippen LogP contribution in [0, 0.1) is 0 Å². The van der Waals surface area contributed by atoms with Crippen LogP contribution in [0.5, 0.6) is 0 Å². The Morgan fingerprint density at radius 1 is 0.947 bits per heavy atom. The first kappa shape index (κ1) is 14.3. The molecule has 0 saturated carbocycles. The van der Waals surface area contributed by atoms with Gasteiger partial charge in [-0.25, -0.2) is 0 Å². The SMILES string of the molecule is Nc1cc(Cl)ccc1NCCc1ccc(Cl)cc1Cl. The molecule has 0 amide bonds. The van der Waals surface area contributed by atoms with E-state index in [1.807, 2.05) is 18.2 Å². The summed E-state index contributed by atoms with van der Waals surface area (Å²) in [4.78, 5) is 0. The standard InChI is InChI=1S/C14H13Cl3N2/c15-10-2-1-9(12(17)7-10)5-6-19-14-4-3-11(16)8-13(14)18/h1-4,7-8,19H,5-6,18H2. The summed E-state index contributed by atoms with van der Waals surface area (Å²) in [6, 6.07) is 10.9. The molecule has 0 bridgehead atoms. The Morgan fingerprint density at radius 2 is 1.63 bits per heavy atom. The molecule has 0 aromatic heterocycles. The van der Waals surface area contributed by atoms with E-state index in [9.17, 15) is 0 Å². The Morgan fingerprint density at radius 3 is 2.32 bits per heavy atom. The van der Waals surface area contributed by atoms with Crippen LogP contribution in [-0.2, 0) is 6.42 Å². The number of nitrogens with two attached hydrogens (primary N) is 1. The predicted octanol–water partition coefficient (Wildman–Crippen LogP) is 4.88. The monoisotopic (exact) mass is 314 g/mol. The highest BCUT2D eigenvalue weighted by Gasteiger charge is 2.03. The van der Waals surface area contributed by atoms with Crippen LogP contribution in [0.4, 0.5) is 11.4 Å². The van der Waals surface area contributed by atoms with Crippen molar-refractivity contribution in [3.8, 4) is 0 Å². The van der Waals surface area contributed by atoms with Crippen LogP contribution in [0.25, 0.3) is 0 Å². The molecule has 5 heteroatoms. The first-order valence-electron chi connectivity index (χ1n) is 5.79. The van der Waals surface area contributed by atoms with Crippen molar-refractivity contribution in [1.82, 2.24) is 0 Å². The van der Waals surface area contributed by atoms with Crippen LogP contribution in [0.2, 0.25) is 15.1 Å². The van der Waals surface area contributed by atoms with Crippen molar-refractivity contribution < 1.29 is 0 Å². The third kappa shape index (κ3) is 3.93. The van der Waals surface area contributed by atoms with E-state index in [1.54, 1.807) is 18.2 Å². The Hall–Kier alpha value is -1.09. The quantitative estimate of drug-likeness (QED) is 0.789. The van der Waals surface area contributed by atoms with Crippen molar-refractivity contribution in [1.29, 1.82) is 0 Å². The molecule has 0 aliphatic carbocycles. The van der Waals surface area contributed by atoms with E-state index < -0.39 is 0 Å². The molecule has 0 aliphatic rings. The number of nitrogens with one attached hydrogen (secondary N) is 1. The number of benzene rings is 2. The van der Waals surface area contributed by atoms with Gasteiger partial charge < -0.3 is 11.1 Å². The fourth-order valence-electron chi connectivity index (χ4n) is 1.75. The van der Waals surface area contributed by atoms with Crippen LogP contribution in [-0.4, -0.2) is 6.54 Å². The van der Waals surface area contributed by atoms with Gasteiger partial charge in [-0.3, -0.25) is 0 Å². The van der Waals surface area contributed by atoms with Gasteiger partial charge in [-0.2, -0.15) is 0 Å². The molecule has 0 spiro atoms. The maximum atomic E-state index is 6.11. The lowest BCUT2D eigenvalue weighted by Gasteiger charge is -2.10. The molecule has 19 heavy (non-hydrogen) atoms. The summed E-state index contributed by atoms with van der Waals surface area (Å²) in [5.41, 5.74) is 8.41. The van der Waals surface area contributed by atoms with E-state index in [0.717, 1.165) is 24.2 Å². The van der Waals surface area contributed by atoms with Gasteiger partial charge in [0.25, 0.3) is 0 Å². The second-order valence-electron chi connectivity index (χ2n) is 4.14. The van der Waals surface area contributed by atoms with E-state index in [2.05, 4.69) is 5.32 Å². The second-order valence-corrected chi connectivity index (χ2v) is 5.42. The van der Waals surface area contributed by atoms with Crippen LogP contribution < -0.4 is 11.1 Å². The lowest BCUT2D eigenvalue weighted by atomic mass is 10.1. The topological polar surface area (TPSA) is 38.0 Å². The first-order chi connectivity index (χ1) is 9.06. The Bertz CT molecular complexity index is 533. The summed E-state index contributed by atoms with van der Waals surface area (Å²) in [6.07, 6.45) is 0.790. The minimum Gasteiger partial charge on any atom is -0.397 e. The summed E-state index contributed by atoms with van der Waals surface area (Å²) < 4.78 is 0. The summed E-state index contributed by atoms with van der Waals surface area (Å²) in [5, 5.41) is 5.21. The molecule has 0 saturated heterocycles. The zero-order valence-electron chi connectivity index (χ0n) is 10.1. The van der Waals surface area contributed by atoms with Crippen molar-refractivity contribution in [2.24, 2.45) is 0 Å². The molecule has 100 valence electrons. The van der Waals surface area contributed by atoms with Crippen LogP contribution in [0.1, 0.15) is 5.56 Å².